The summed E-state index contributed by atoms with van der Waals surface area (Å²) in [7, 11) is 0. The summed E-state index contributed by atoms with van der Waals surface area (Å²) in [4.78, 5) is 36.6. The summed E-state index contributed by atoms with van der Waals surface area (Å²) >= 11 is 4.28. The monoisotopic (exact) mass is 442 g/mol. The Hall–Kier alpha value is -2.20. The highest BCUT2D eigenvalue weighted by Crippen LogP contribution is 2.33. The maximum absolute atomic E-state index is 12.4. The number of esters is 1. The number of hydrogen-bond acceptors (Lipinski definition) is 6. The smallest absolute Gasteiger partial charge is 0.341 e. The van der Waals surface area contributed by atoms with Gasteiger partial charge in [0.1, 0.15) is 11.5 Å². The van der Waals surface area contributed by atoms with Gasteiger partial charge in [0.25, 0.3) is 5.91 Å². The molecule has 0 radical (unpaired) electrons. The number of carbonyl (C=O) groups excluding carboxylic acids is 3. The lowest BCUT2D eigenvalue weighted by atomic mass is 10.1. The van der Waals surface area contributed by atoms with Gasteiger partial charge in [0, 0.05) is 0 Å². The van der Waals surface area contributed by atoms with E-state index in [1.165, 1.54) is 4.68 Å². The number of aromatic nitrogens is 2. The Balaban J connectivity index is 2.30. The lowest BCUT2D eigenvalue weighted by molar-refractivity contribution is -0.116. The van der Waals surface area contributed by atoms with Crippen molar-refractivity contribution in [1.29, 1.82) is 0 Å². The molecule has 26 heavy (non-hydrogen) atoms. The Morgan fingerprint density at radius 1 is 1.38 bits per heavy atom. The molecule has 10 heteroatoms. The van der Waals surface area contributed by atoms with E-state index in [1.807, 2.05) is 6.92 Å². The van der Waals surface area contributed by atoms with Gasteiger partial charge in [0.2, 0.25) is 5.91 Å². The minimum Gasteiger partial charge on any atom is -0.459 e. The van der Waals surface area contributed by atoms with Gasteiger partial charge in [0.05, 0.1) is 32.9 Å². The summed E-state index contributed by atoms with van der Waals surface area (Å²) < 4.78 is 7.52. The number of halogens is 1. The van der Waals surface area contributed by atoms with E-state index in [0.29, 0.717) is 5.56 Å². The zero-order chi connectivity index (χ0) is 19.6. The average molecular weight is 443 g/mol. The fourth-order valence-electron chi connectivity index (χ4n) is 2.24. The average Bonchev–Trinajstić information content (AvgIpc) is 3.01. The van der Waals surface area contributed by atoms with Gasteiger partial charge in [-0.15, -0.1) is 11.3 Å². The van der Waals surface area contributed by atoms with E-state index in [1.54, 1.807) is 27.0 Å². The molecule has 0 unspecified atom stereocenters. The molecule has 2 rings (SSSR count). The molecular formula is C16H19BrN4O4S. The van der Waals surface area contributed by atoms with Crippen molar-refractivity contribution < 1.29 is 19.1 Å². The Labute approximate surface area is 162 Å². The lowest BCUT2D eigenvalue weighted by Gasteiger charge is -2.10. The molecule has 140 valence electrons. The van der Waals surface area contributed by atoms with Crippen molar-refractivity contribution in [3.63, 3.8) is 0 Å². The largest absolute Gasteiger partial charge is 0.459 e. The van der Waals surface area contributed by atoms with Crippen molar-refractivity contribution >= 4 is 50.1 Å². The molecule has 0 saturated carbocycles. The van der Waals surface area contributed by atoms with E-state index in [-0.39, 0.29) is 34.0 Å². The Kier molecular flexibility index (Phi) is 6.19. The summed E-state index contributed by atoms with van der Waals surface area (Å²) in [5, 5.41) is 6.98. The molecule has 0 aliphatic rings. The summed E-state index contributed by atoms with van der Waals surface area (Å²) in [6.07, 6.45) is 1.25. The van der Waals surface area contributed by atoms with E-state index in [2.05, 4.69) is 26.3 Å². The van der Waals surface area contributed by atoms with Gasteiger partial charge in [0.15, 0.2) is 0 Å². The number of thiophene rings is 1. The number of rotatable bonds is 6. The van der Waals surface area contributed by atoms with Crippen LogP contribution >= 0.6 is 27.3 Å². The summed E-state index contributed by atoms with van der Waals surface area (Å²) in [6.45, 7) is 6.80. The van der Waals surface area contributed by atoms with Crippen LogP contribution in [0.2, 0.25) is 0 Å². The van der Waals surface area contributed by atoms with E-state index < -0.39 is 11.9 Å². The zero-order valence-corrected chi connectivity index (χ0v) is 17.2. The second-order valence-corrected chi connectivity index (χ2v) is 7.74. The number of hydrogen-bond donors (Lipinski definition) is 2. The molecule has 2 heterocycles. The van der Waals surface area contributed by atoms with Gasteiger partial charge in [-0.2, -0.15) is 5.10 Å². The van der Waals surface area contributed by atoms with Gasteiger partial charge in [-0.3, -0.25) is 14.3 Å². The topological polar surface area (TPSA) is 116 Å². The van der Waals surface area contributed by atoms with Crippen LogP contribution in [0.15, 0.2) is 10.7 Å². The van der Waals surface area contributed by atoms with E-state index in [4.69, 9.17) is 10.5 Å². The molecule has 0 fully saturated rings. The number of ether oxygens (including phenoxy) is 1. The number of anilines is 1. The van der Waals surface area contributed by atoms with Crippen LogP contribution in [0.25, 0.3) is 0 Å². The molecule has 2 amide bonds. The molecule has 0 atom stereocenters. The highest BCUT2D eigenvalue weighted by molar-refractivity contribution is 9.10. The summed E-state index contributed by atoms with van der Waals surface area (Å²) in [5.74, 6) is -1.67. The quantitative estimate of drug-likeness (QED) is 0.666. The Morgan fingerprint density at radius 3 is 2.54 bits per heavy atom. The van der Waals surface area contributed by atoms with Crippen LogP contribution in [0, 0.1) is 13.8 Å². The number of nitrogens with one attached hydrogen (secondary N) is 1. The summed E-state index contributed by atoms with van der Waals surface area (Å²) in [6, 6.07) is 0. The van der Waals surface area contributed by atoms with Crippen LogP contribution in [0.1, 0.15) is 45.1 Å². The van der Waals surface area contributed by atoms with Crippen molar-refractivity contribution in [1.82, 2.24) is 9.78 Å². The van der Waals surface area contributed by atoms with Crippen LogP contribution in [0.5, 0.6) is 0 Å². The number of nitrogens with two attached hydrogens (primary N) is 1. The maximum Gasteiger partial charge on any atom is 0.341 e. The molecule has 0 bridgehead atoms. The van der Waals surface area contributed by atoms with E-state index in [0.717, 1.165) is 21.5 Å². The highest BCUT2D eigenvalue weighted by Gasteiger charge is 2.26. The Morgan fingerprint density at radius 2 is 2.04 bits per heavy atom. The predicted molar refractivity (Wildman–Crippen MR) is 101 cm³/mol. The fourth-order valence-corrected chi connectivity index (χ4v) is 3.60. The van der Waals surface area contributed by atoms with Crippen LogP contribution in [-0.2, 0) is 16.1 Å². The van der Waals surface area contributed by atoms with Crippen LogP contribution in [0.4, 0.5) is 5.00 Å². The third-order valence-electron chi connectivity index (χ3n) is 3.51. The van der Waals surface area contributed by atoms with Gasteiger partial charge in [-0.05, 0) is 49.2 Å². The van der Waals surface area contributed by atoms with Crippen molar-refractivity contribution in [3.05, 3.63) is 32.4 Å². The number of amides is 2. The minimum absolute atomic E-state index is 0.0427. The number of carbonyl (C=O) groups is 3. The third-order valence-corrected chi connectivity index (χ3v) is 5.51. The Bertz CT molecular complexity index is 872. The molecule has 0 aromatic carbocycles. The second-order valence-electron chi connectivity index (χ2n) is 5.86. The maximum atomic E-state index is 12.4. The van der Waals surface area contributed by atoms with Crippen LogP contribution in [0.3, 0.4) is 0 Å². The number of nitrogens with zero attached hydrogens (tertiary/aromatic N) is 2. The first-order chi connectivity index (χ1) is 12.1. The molecule has 0 aliphatic carbocycles. The van der Waals surface area contributed by atoms with Crippen LogP contribution < -0.4 is 11.1 Å². The molecule has 3 N–H and O–H groups in total. The molecular weight excluding hydrogens is 424 g/mol. The molecule has 0 saturated heterocycles. The van der Waals surface area contributed by atoms with Gasteiger partial charge in [-0.1, -0.05) is 0 Å². The molecule has 2 aromatic heterocycles. The molecule has 8 nitrogen and oxygen atoms in total. The van der Waals surface area contributed by atoms with Crippen molar-refractivity contribution in [3.8, 4) is 0 Å². The highest BCUT2D eigenvalue weighted by atomic mass is 79.9. The van der Waals surface area contributed by atoms with Crippen LogP contribution in [-0.4, -0.2) is 33.7 Å². The van der Waals surface area contributed by atoms with Gasteiger partial charge < -0.3 is 15.8 Å². The van der Waals surface area contributed by atoms with Crippen molar-refractivity contribution in [2.45, 2.75) is 40.3 Å². The van der Waals surface area contributed by atoms with Crippen molar-refractivity contribution in [2.75, 3.05) is 5.32 Å². The molecule has 0 aliphatic heterocycles. The molecule has 2 aromatic rings. The first-order valence-electron chi connectivity index (χ1n) is 7.73. The number of primary amides is 1. The molecule has 0 spiro atoms. The second kappa shape index (κ2) is 8.00. The zero-order valence-electron chi connectivity index (χ0n) is 14.8. The van der Waals surface area contributed by atoms with Gasteiger partial charge in [-0.25, -0.2) is 4.79 Å². The standard InChI is InChI=1S/C16H19BrN4O4S/c1-7(2)25-16(24)12-8(3)13(14(18)23)26-15(12)20-11(22)6-21-9(4)10(17)5-19-21/h5,7H,6H2,1-4H3,(H2,18,23)(H,20,22). The van der Waals surface area contributed by atoms with E-state index >= 15 is 0 Å². The lowest BCUT2D eigenvalue weighted by Crippen LogP contribution is -2.21. The normalized spacial score (nSPS) is 10.8. The predicted octanol–water partition coefficient (Wildman–Crippen LogP) is 2.63. The third kappa shape index (κ3) is 4.31. The first kappa shape index (κ1) is 20.1. The SMILES string of the molecule is Cc1c(C(N)=O)sc(NC(=O)Cn2ncc(Br)c2C)c1C(=O)OC(C)C. The van der Waals surface area contributed by atoms with Crippen molar-refractivity contribution in [2.24, 2.45) is 5.73 Å². The minimum atomic E-state index is -0.668. The van der Waals surface area contributed by atoms with Gasteiger partial charge >= 0.3 is 5.97 Å². The van der Waals surface area contributed by atoms with E-state index in [9.17, 15) is 14.4 Å². The fraction of sp³-hybridized carbons (Fsp3) is 0.375. The first-order valence-corrected chi connectivity index (χ1v) is 9.34. The summed E-state index contributed by atoms with van der Waals surface area (Å²) in [5.41, 5.74) is 6.69.